The normalized spacial score (nSPS) is 18.2. The molecule has 1 aliphatic rings. The van der Waals surface area contributed by atoms with E-state index in [9.17, 15) is 8.42 Å². The van der Waals surface area contributed by atoms with E-state index in [0.717, 1.165) is 28.3 Å². The molecule has 0 unspecified atom stereocenters. The maximum atomic E-state index is 12.7. The average molecular weight is 325 g/mol. The number of aryl methyl sites for hydroxylation is 2. The fourth-order valence-corrected chi connectivity index (χ4v) is 5.90. The van der Waals surface area contributed by atoms with Crippen LogP contribution in [0, 0.1) is 13.8 Å². The van der Waals surface area contributed by atoms with Crippen molar-refractivity contribution < 1.29 is 8.42 Å². The molecule has 0 saturated carbocycles. The summed E-state index contributed by atoms with van der Waals surface area (Å²) in [6.45, 7) is 4.96. The first kappa shape index (κ1) is 14.7. The standard InChI is InChI=1S/C14H19N3O2S2/c1-10-9-14(11(2)20-10)21(18,19)17-7-4-12(5-8-17)13-3-6-15-16-13/h3,6,9,12H,4-5,7-8H2,1-2H3,(H,15,16). The number of nitrogens with zero attached hydrogens (tertiary/aromatic N) is 2. The van der Waals surface area contributed by atoms with E-state index in [0.29, 0.717) is 23.9 Å². The maximum absolute atomic E-state index is 12.7. The summed E-state index contributed by atoms with van der Waals surface area (Å²) in [7, 11) is -3.35. The highest BCUT2D eigenvalue weighted by molar-refractivity contribution is 7.89. The van der Waals surface area contributed by atoms with Crippen LogP contribution < -0.4 is 0 Å². The average Bonchev–Trinajstić information content (AvgIpc) is 3.09. The third-order valence-electron chi connectivity index (χ3n) is 4.03. The second kappa shape index (κ2) is 5.55. The summed E-state index contributed by atoms with van der Waals surface area (Å²) < 4.78 is 27.1. The molecule has 0 atom stereocenters. The van der Waals surface area contributed by atoms with Crippen molar-refractivity contribution in [3.05, 3.63) is 33.8 Å². The van der Waals surface area contributed by atoms with Crippen LogP contribution in [0.3, 0.4) is 0 Å². The molecule has 1 aliphatic heterocycles. The van der Waals surface area contributed by atoms with E-state index in [1.165, 1.54) is 11.3 Å². The lowest BCUT2D eigenvalue weighted by atomic mass is 9.95. The molecule has 7 heteroatoms. The van der Waals surface area contributed by atoms with Crippen molar-refractivity contribution in [2.75, 3.05) is 13.1 Å². The van der Waals surface area contributed by atoms with Gasteiger partial charge in [0.2, 0.25) is 10.0 Å². The van der Waals surface area contributed by atoms with Crippen molar-refractivity contribution in [2.45, 2.75) is 37.5 Å². The Hall–Kier alpha value is -1.18. The predicted octanol–water partition coefficient (Wildman–Crippen LogP) is 2.66. The van der Waals surface area contributed by atoms with E-state index in [2.05, 4.69) is 10.2 Å². The van der Waals surface area contributed by atoms with E-state index in [-0.39, 0.29) is 0 Å². The van der Waals surface area contributed by atoms with E-state index in [1.807, 2.05) is 19.9 Å². The minimum atomic E-state index is -3.35. The summed E-state index contributed by atoms with van der Waals surface area (Å²) in [5.74, 6) is 0.379. The van der Waals surface area contributed by atoms with Crippen LogP contribution in [0.5, 0.6) is 0 Å². The summed E-state index contributed by atoms with van der Waals surface area (Å²) in [5, 5.41) is 6.96. The SMILES string of the molecule is Cc1cc(S(=O)(=O)N2CCC(c3ccn[nH]3)CC2)c(C)s1. The molecule has 0 aromatic carbocycles. The molecule has 1 fully saturated rings. The fourth-order valence-electron chi connectivity index (χ4n) is 2.90. The van der Waals surface area contributed by atoms with Crippen LogP contribution in [0.4, 0.5) is 0 Å². The van der Waals surface area contributed by atoms with Crippen molar-refractivity contribution in [1.29, 1.82) is 0 Å². The minimum absolute atomic E-state index is 0.379. The third kappa shape index (κ3) is 2.77. The number of hydrogen-bond donors (Lipinski definition) is 1. The zero-order valence-electron chi connectivity index (χ0n) is 12.2. The van der Waals surface area contributed by atoms with Gasteiger partial charge in [-0.05, 0) is 38.8 Å². The molecule has 5 nitrogen and oxygen atoms in total. The molecular weight excluding hydrogens is 306 g/mol. The number of aromatic nitrogens is 2. The molecule has 0 aliphatic carbocycles. The van der Waals surface area contributed by atoms with Crippen molar-refractivity contribution >= 4 is 21.4 Å². The predicted molar refractivity (Wildman–Crippen MR) is 83.1 cm³/mol. The molecule has 0 bridgehead atoms. The van der Waals surface area contributed by atoms with Gasteiger partial charge in [-0.1, -0.05) is 0 Å². The molecule has 3 rings (SSSR count). The van der Waals surface area contributed by atoms with Gasteiger partial charge >= 0.3 is 0 Å². The number of H-pyrrole nitrogens is 1. The molecule has 3 heterocycles. The Kier molecular flexibility index (Phi) is 3.90. The Bertz CT molecular complexity index is 711. The van der Waals surface area contributed by atoms with Crippen LogP contribution in [0.1, 0.15) is 34.2 Å². The van der Waals surface area contributed by atoms with Crippen molar-refractivity contribution in [2.24, 2.45) is 0 Å². The smallest absolute Gasteiger partial charge is 0.244 e. The number of aromatic amines is 1. The van der Waals surface area contributed by atoms with Crippen LogP contribution in [-0.4, -0.2) is 36.0 Å². The van der Waals surface area contributed by atoms with Crippen LogP contribution in [0.15, 0.2) is 23.2 Å². The summed E-state index contributed by atoms with van der Waals surface area (Å²) in [5.41, 5.74) is 1.11. The molecule has 0 radical (unpaired) electrons. The van der Waals surface area contributed by atoms with Crippen LogP contribution in [0.2, 0.25) is 0 Å². The number of sulfonamides is 1. The Morgan fingerprint density at radius 2 is 2.05 bits per heavy atom. The number of rotatable bonds is 3. The van der Waals surface area contributed by atoms with E-state index in [4.69, 9.17) is 0 Å². The molecule has 2 aromatic heterocycles. The second-order valence-electron chi connectivity index (χ2n) is 5.47. The monoisotopic (exact) mass is 325 g/mol. The molecule has 2 aromatic rings. The summed E-state index contributed by atoms with van der Waals surface area (Å²) in [6.07, 6.45) is 3.42. The summed E-state index contributed by atoms with van der Waals surface area (Å²) >= 11 is 1.54. The molecule has 0 amide bonds. The van der Waals surface area contributed by atoms with Crippen molar-refractivity contribution in [3.8, 4) is 0 Å². The quantitative estimate of drug-likeness (QED) is 0.943. The van der Waals surface area contributed by atoms with Crippen LogP contribution in [-0.2, 0) is 10.0 Å². The van der Waals surface area contributed by atoms with Gasteiger partial charge in [0, 0.05) is 40.7 Å². The molecule has 0 spiro atoms. The van der Waals surface area contributed by atoms with Gasteiger partial charge in [-0.15, -0.1) is 11.3 Å². The maximum Gasteiger partial charge on any atom is 0.244 e. The summed E-state index contributed by atoms with van der Waals surface area (Å²) in [6, 6.07) is 3.76. The van der Waals surface area contributed by atoms with Crippen molar-refractivity contribution in [1.82, 2.24) is 14.5 Å². The van der Waals surface area contributed by atoms with Gasteiger partial charge in [-0.25, -0.2) is 8.42 Å². The fraction of sp³-hybridized carbons (Fsp3) is 0.500. The Morgan fingerprint density at radius 1 is 1.33 bits per heavy atom. The molecule has 114 valence electrons. The molecule has 21 heavy (non-hydrogen) atoms. The highest BCUT2D eigenvalue weighted by Crippen LogP contribution is 2.32. The van der Waals surface area contributed by atoms with Crippen LogP contribution in [0.25, 0.3) is 0 Å². The molecule has 1 N–H and O–H groups in total. The Labute approximate surface area is 129 Å². The topological polar surface area (TPSA) is 66.1 Å². The number of thiophene rings is 1. The lowest BCUT2D eigenvalue weighted by Crippen LogP contribution is -2.38. The van der Waals surface area contributed by atoms with Gasteiger partial charge in [-0.2, -0.15) is 9.40 Å². The number of nitrogens with one attached hydrogen (secondary N) is 1. The van der Waals surface area contributed by atoms with Gasteiger partial charge in [0.25, 0.3) is 0 Å². The minimum Gasteiger partial charge on any atom is -0.282 e. The van der Waals surface area contributed by atoms with E-state index < -0.39 is 10.0 Å². The number of piperidine rings is 1. The second-order valence-corrected chi connectivity index (χ2v) is 8.83. The van der Waals surface area contributed by atoms with Gasteiger partial charge in [-0.3, -0.25) is 5.10 Å². The van der Waals surface area contributed by atoms with Crippen molar-refractivity contribution in [3.63, 3.8) is 0 Å². The Morgan fingerprint density at radius 3 is 2.57 bits per heavy atom. The van der Waals surface area contributed by atoms with E-state index >= 15 is 0 Å². The number of hydrogen-bond acceptors (Lipinski definition) is 4. The molecular formula is C14H19N3O2S2. The zero-order chi connectivity index (χ0) is 15.0. The molecule has 1 saturated heterocycles. The van der Waals surface area contributed by atoms with Gasteiger partial charge in [0.05, 0.1) is 4.90 Å². The Balaban J connectivity index is 1.76. The van der Waals surface area contributed by atoms with Gasteiger partial charge < -0.3 is 0 Å². The first-order valence-electron chi connectivity index (χ1n) is 7.05. The largest absolute Gasteiger partial charge is 0.282 e. The first-order chi connectivity index (χ1) is 9.98. The zero-order valence-corrected chi connectivity index (χ0v) is 13.8. The lowest BCUT2D eigenvalue weighted by Gasteiger charge is -2.30. The van der Waals surface area contributed by atoms with Crippen LogP contribution >= 0.6 is 11.3 Å². The van der Waals surface area contributed by atoms with Gasteiger partial charge in [0.1, 0.15) is 0 Å². The van der Waals surface area contributed by atoms with Gasteiger partial charge in [0.15, 0.2) is 0 Å². The lowest BCUT2D eigenvalue weighted by molar-refractivity contribution is 0.316. The highest BCUT2D eigenvalue weighted by Gasteiger charge is 2.31. The first-order valence-corrected chi connectivity index (χ1v) is 9.30. The highest BCUT2D eigenvalue weighted by atomic mass is 32.2. The summed E-state index contributed by atoms with van der Waals surface area (Å²) in [4.78, 5) is 2.40. The van der Waals surface area contributed by atoms with E-state index in [1.54, 1.807) is 16.6 Å². The third-order valence-corrected chi connectivity index (χ3v) is 7.15.